The molecule has 3 N–H and O–H groups in total. The third-order valence-electron chi connectivity index (χ3n) is 4.98. The number of nitrogens with one attached hydrogen (secondary N) is 1. The van der Waals surface area contributed by atoms with Gasteiger partial charge in [-0.05, 0) is 64.4 Å². The van der Waals surface area contributed by atoms with Crippen LogP contribution >= 0.6 is 22.7 Å². The van der Waals surface area contributed by atoms with Crippen LogP contribution in [0.3, 0.4) is 0 Å². The molecule has 1 unspecified atom stereocenters. The zero-order valence-corrected chi connectivity index (χ0v) is 15.7. The highest BCUT2D eigenvalue weighted by atomic mass is 32.1. The maximum atomic E-state index is 6.06. The van der Waals surface area contributed by atoms with Crippen molar-refractivity contribution in [3.05, 3.63) is 88.8 Å². The van der Waals surface area contributed by atoms with Crippen LogP contribution in [0.1, 0.15) is 12.0 Å². The highest BCUT2D eigenvalue weighted by molar-refractivity contribution is 7.19. The lowest BCUT2D eigenvalue weighted by atomic mass is 9.81. The summed E-state index contributed by atoms with van der Waals surface area (Å²) in [5, 5.41) is 10.8. The molecule has 0 spiro atoms. The molecule has 2 heterocycles. The molecule has 1 aliphatic carbocycles. The summed E-state index contributed by atoms with van der Waals surface area (Å²) in [5.74, 6) is 0. The first kappa shape index (κ1) is 15.7. The molecular formula is C22H18N2S2. The van der Waals surface area contributed by atoms with Crippen molar-refractivity contribution in [1.29, 1.82) is 0 Å². The van der Waals surface area contributed by atoms with Crippen molar-refractivity contribution in [2.45, 2.75) is 12.0 Å². The summed E-state index contributed by atoms with van der Waals surface area (Å²) in [5.41, 5.74) is 9.05. The van der Waals surface area contributed by atoms with Crippen molar-refractivity contribution in [2.75, 3.05) is 5.32 Å². The summed E-state index contributed by atoms with van der Waals surface area (Å²) in [6.07, 6.45) is 7.22. The van der Waals surface area contributed by atoms with Gasteiger partial charge in [-0.25, -0.2) is 0 Å². The minimum absolute atomic E-state index is 0.312. The summed E-state index contributed by atoms with van der Waals surface area (Å²) < 4.78 is 2.67. The average Bonchev–Trinajstić information content (AvgIpc) is 3.31. The summed E-state index contributed by atoms with van der Waals surface area (Å²) in [6.45, 7) is 0. The molecule has 5 rings (SSSR count). The molecule has 1 atom stereocenters. The molecule has 0 bridgehead atoms. The molecule has 0 radical (unpaired) electrons. The van der Waals surface area contributed by atoms with E-state index in [1.165, 1.54) is 25.7 Å². The summed E-state index contributed by atoms with van der Waals surface area (Å²) in [7, 11) is 0. The van der Waals surface area contributed by atoms with E-state index < -0.39 is 0 Å². The maximum Gasteiger partial charge on any atom is 0.0869 e. The average molecular weight is 375 g/mol. The van der Waals surface area contributed by atoms with Crippen molar-refractivity contribution >= 4 is 48.5 Å². The third-order valence-corrected chi connectivity index (χ3v) is 6.79. The van der Waals surface area contributed by atoms with Crippen molar-refractivity contribution in [1.82, 2.24) is 0 Å². The van der Waals surface area contributed by atoms with E-state index in [-0.39, 0.29) is 5.54 Å². The first-order chi connectivity index (χ1) is 12.8. The number of benzene rings is 2. The molecule has 128 valence electrons. The van der Waals surface area contributed by atoms with Crippen LogP contribution in [0.5, 0.6) is 0 Å². The van der Waals surface area contributed by atoms with Gasteiger partial charge in [-0.3, -0.25) is 0 Å². The Labute approximate surface area is 160 Å². The van der Waals surface area contributed by atoms with E-state index in [0.717, 1.165) is 17.8 Å². The molecule has 2 nitrogen and oxygen atoms in total. The summed E-state index contributed by atoms with van der Waals surface area (Å²) >= 11 is 3.62. The number of rotatable bonds is 3. The van der Waals surface area contributed by atoms with E-state index in [1.807, 2.05) is 23.5 Å². The van der Waals surface area contributed by atoms with E-state index >= 15 is 0 Å². The number of nitrogens with two attached hydrogens (primary N) is 1. The lowest BCUT2D eigenvalue weighted by molar-refractivity contribution is 0.625. The van der Waals surface area contributed by atoms with Gasteiger partial charge in [0.2, 0.25) is 0 Å². The molecule has 1 aliphatic rings. The van der Waals surface area contributed by atoms with Crippen LogP contribution < -0.4 is 11.1 Å². The molecule has 0 fully saturated rings. The summed E-state index contributed by atoms with van der Waals surface area (Å²) in [4.78, 5) is 0. The van der Waals surface area contributed by atoms with Crippen LogP contribution in [0.4, 0.5) is 5.69 Å². The monoisotopic (exact) mass is 374 g/mol. The maximum absolute atomic E-state index is 6.06. The van der Waals surface area contributed by atoms with Crippen LogP contribution in [0.15, 0.2) is 83.2 Å². The fourth-order valence-electron chi connectivity index (χ4n) is 3.75. The SMILES string of the molecule is NC1=CCC(Nc2ccccc2)(c2c3ccsc3cc3ccsc23)C=C1. The van der Waals surface area contributed by atoms with Gasteiger partial charge in [-0.15, -0.1) is 22.7 Å². The molecule has 0 aliphatic heterocycles. The number of thiophene rings is 2. The van der Waals surface area contributed by atoms with Crippen LogP contribution in [-0.2, 0) is 5.54 Å². The van der Waals surface area contributed by atoms with Gasteiger partial charge < -0.3 is 11.1 Å². The van der Waals surface area contributed by atoms with E-state index in [1.54, 1.807) is 11.3 Å². The van der Waals surface area contributed by atoms with Crippen LogP contribution in [0.25, 0.3) is 20.2 Å². The second kappa shape index (κ2) is 6.01. The van der Waals surface area contributed by atoms with Gasteiger partial charge in [0.25, 0.3) is 0 Å². The van der Waals surface area contributed by atoms with Gasteiger partial charge in [0.1, 0.15) is 0 Å². The Morgan fingerprint density at radius 1 is 1.00 bits per heavy atom. The number of fused-ring (bicyclic) bond motifs is 2. The van der Waals surface area contributed by atoms with Crippen molar-refractivity contribution in [3.63, 3.8) is 0 Å². The molecule has 0 saturated carbocycles. The number of anilines is 1. The molecular weight excluding hydrogens is 356 g/mol. The Kier molecular flexibility index (Phi) is 3.62. The number of hydrogen-bond acceptors (Lipinski definition) is 4. The second-order valence-corrected chi connectivity index (χ2v) is 8.49. The number of para-hydroxylation sites is 1. The Hall–Kier alpha value is -2.56. The smallest absolute Gasteiger partial charge is 0.0869 e. The summed E-state index contributed by atoms with van der Waals surface area (Å²) in [6, 6.07) is 17.2. The largest absolute Gasteiger partial charge is 0.399 e. The first-order valence-electron chi connectivity index (χ1n) is 8.61. The van der Waals surface area contributed by atoms with E-state index in [2.05, 4.69) is 70.7 Å². The van der Waals surface area contributed by atoms with Crippen LogP contribution in [0, 0.1) is 0 Å². The lowest BCUT2D eigenvalue weighted by Gasteiger charge is -2.36. The minimum atomic E-state index is -0.312. The Morgan fingerprint density at radius 2 is 1.85 bits per heavy atom. The van der Waals surface area contributed by atoms with Crippen LogP contribution in [-0.4, -0.2) is 0 Å². The Morgan fingerprint density at radius 3 is 2.65 bits per heavy atom. The predicted octanol–water partition coefficient (Wildman–Crippen LogP) is 6.23. The highest BCUT2D eigenvalue weighted by Crippen LogP contribution is 2.45. The Bertz CT molecular complexity index is 1100. The van der Waals surface area contributed by atoms with E-state index in [0.29, 0.717) is 0 Å². The molecule has 26 heavy (non-hydrogen) atoms. The lowest BCUT2D eigenvalue weighted by Crippen LogP contribution is -2.35. The zero-order valence-electron chi connectivity index (χ0n) is 14.1. The molecule has 4 heteroatoms. The van der Waals surface area contributed by atoms with Gasteiger partial charge in [0.15, 0.2) is 0 Å². The molecule has 4 aromatic rings. The number of hydrogen-bond donors (Lipinski definition) is 2. The van der Waals surface area contributed by atoms with Gasteiger partial charge in [0.05, 0.1) is 5.54 Å². The molecule has 2 aromatic carbocycles. The van der Waals surface area contributed by atoms with E-state index in [4.69, 9.17) is 5.73 Å². The normalized spacial score (nSPS) is 19.8. The van der Waals surface area contributed by atoms with Crippen molar-refractivity contribution < 1.29 is 0 Å². The van der Waals surface area contributed by atoms with Gasteiger partial charge in [-0.1, -0.05) is 30.4 Å². The van der Waals surface area contributed by atoms with Gasteiger partial charge in [0, 0.05) is 26.3 Å². The standard InChI is InChI=1S/C22H18N2S2/c23-16-6-10-22(11-7-16,24-17-4-2-1-3-5-17)20-18-9-13-25-19(18)14-15-8-12-26-21(15)20/h1-10,12-14,24H,11,23H2. The van der Waals surface area contributed by atoms with E-state index in [9.17, 15) is 0 Å². The molecule has 0 amide bonds. The predicted molar refractivity (Wildman–Crippen MR) is 115 cm³/mol. The van der Waals surface area contributed by atoms with Crippen LogP contribution in [0.2, 0.25) is 0 Å². The Balaban J connectivity index is 1.80. The van der Waals surface area contributed by atoms with Gasteiger partial charge >= 0.3 is 0 Å². The topological polar surface area (TPSA) is 38.0 Å². The first-order valence-corrected chi connectivity index (χ1v) is 10.4. The fourth-order valence-corrected chi connectivity index (χ4v) is 5.62. The zero-order chi connectivity index (χ0) is 17.6. The van der Waals surface area contributed by atoms with Gasteiger partial charge in [-0.2, -0.15) is 0 Å². The fraction of sp³-hybridized carbons (Fsp3) is 0.0909. The highest BCUT2D eigenvalue weighted by Gasteiger charge is 2.34. The third kappa shape index (κ3) is 2.45. The minimum Gasteiger partial charge on any atom is -0.399 e. The quantitative estimate of drug-likeness (QED) is 0.446. The second-order valence-electron chi connectivity index (χ2n) is 6.63. The molecule has 2 aromatic heterocycles. The van der Waals surface area contributed by atoms with Crippen molar-refractivity contribution in [3.8, 4) is 0 Å². The molecule has 0 saturated heterocycles. The van der Waals surface area contributed by atoms with Crippen molar-refractivity contribution in [2.24, 2.45) is 5.73 Å². The number of allylic oxidation sites excluding steroid dienone is 1.